The van der Waals surface area contributed by atoms with Crippen molar-refractivity contribution in [3.05, 3.63) is 47.0 Å². The third-order valence-electron chi connectivity index (χ3n) is 3.74. The van der Waals surface area contributed by atoms with Crippen LogP contribution in [0.2, 0.25) is 0 Å². The summed E-state index contributed by atoms with van der Waals surface area (Å²) in [5.41, 5.74) is 2.63. The molecule has 2 aromatic rings. The molecule has 0 bridgehead atoms. The molecule has 0 aliphatic carbocycles. The average molecular weight is 356 g/mol. The van der Waals surface area contributed by atoms with Crippen molar-refractivity contribution in [3.8, 4) is 22.8 Å². The number of carbonyl (C=O) groups is 1. The summed E-state index contributed by atoms with van der Waals surface area (Å²) in [5.74, 6) is 1.40. The van der Waals surface area contributed by atoms with E-state index in [4.69, 9.17) is 21.7 Å². The van der Waals surface area contributed by atoms with E-state index in [0.717, 1.165) is 28.3 Å². The van der Waals surface area contributed by atoms with E-state index in [1.807, 2.05) is 30.3 Å². The standard InChI is InChI=1S/C17H12N2O3S2/c1-19-16(20)15(24-17(19)23)6-10-2-4-12(18-8-10)11-3-5-13-14(7-11)22-9-21-13/h2-8H,9H2,1H3/b15-6-. The lowest BCUT2D eigenvalue weighted by Gasteiger charge is -2.04. The Hall–Kier alpha value is -2.38. The summed E-state index contributed by atoms with van der Waals surface area (Å²) in [6.07, 6.45) is 3.54. The Labute approximate surface area is 148 Å². The molecule has 4 rings (SSSR count). The molecule has 1 amide bonds. The summed E-state index contributed by atoms with van der Waals surface area (Å²) in [5, 5.41) is 0. The SMILES string of the molecule is CN1C(=O)/C(=C/c2ccc(-c3ccc4c(c3)OCO4)nc2)SC1=S. The second-order valence-corrected chi connectivity index (χ2v) is 6.96. The molecule has 0 radical (unpaired) electrons. The number of benzene rings is 1. The highest BCUT2D eigenvalue weighted by molar-refractivity contribution is 8.26. The van der Waals surface area contributed by atoms with Gasteiger partial charge >= 0.3 is 0 Å². The van der Waals surface area contributed by atoms with Crippen LogP contribution in [0.15, 0.2) is 41.4 Å². The molecule has 0 spiro atoms. The van der Waals surface area contributed by atoms with Crippen LogP contribution in [0.25, 0.3) is 17.3 Å². The van der Waals surface area contributed by atoms with Gasteiger partial charge in [0, 0.05) is 18.8 Å². The molecule has 0 unspecified atom stereocenters. The number of fused-ring (bicyclic) bond motifs is 1. The molecule has 1 aromatic carbocycles. The Balaban J connectivity index is 1.59. The van der Waals surface area contributed by atoms with E-state index in [9.17, 15) is 4.79 Å². The summed E-state index contributed by atoms with van der Waals surface area (Å²) in [4.78, 5) is 18.6. The highest BCUT2D eigenvalue weighted by Gasteiger charge is 2.28. The molecule has 1 fully saturated rings. The number of ether oxygens (including phenoxy) is 2. The molecule has 5 nitrogen and oxygen atoms in total. The quantitative estimate of drug-likeness (QED) is 0.608. The molecule has 120 valence electrons. The van der Waals surface area contributed by atoms with Crippen molar-refractivity contribution < 1.29 is 14.3 Å². The first kappa shape index (κ1) is 15.2. The van der Waals surface area contributed by atoms with Gasteiger partial charge in [-0.15, -0.1) is 0 Å². The molecular weight excluding hydrogens is 344 g/mol. The van der Waals surface area contributed by atoms with Crippen LogP contribution in [0.4, 0.5) is 0 Å². The van der Waals surface area contributed by atoms with Crippen molar-refractivity contribution in [3.63, 3.8) is 0 Å². The number of hydrogen-bond donors (Lipinski definition) is 0. The smallest absolute Gasteiger partial charge is 0.265 e. The van der Waals surface area contributed by atoms with Gasteiger partial charge in [-0.25, -0.2) is 0 Å². The fourth-order valence-corrected chi connectivity index (χ4v) is 3.59. The van der Waals surface area contributed by atoms with Crippen LogP contribution < -0.4 is 9.47 Å². The zero-order valence-corrected chi connectivity index (χ0v) is 14.3. The van der Waals surface area contributed by atoms with Crippen LogP contribution in [0.3, 0.4) is 0 Å². The number of thioether (sulfide) groups is 1. The molecule has 0 atom stereocenters. The van der Waals surface area contributed by atoms with Crippen LogP contribution in [-0.4, -0.2) is 34.0 Å². The molecule has 0 N–H and O–H groups in total. The highest BCUT2D eigenvalue weighted by Crippen LogP contribution is 2.35. The maximum atomic E-state index is 12.0. The maximum Gasteiger partial charge on any atom is 0.265 e. The Morgan fingerprint density at radius 3 is 2.79 bits per heavy atom. The van der Waals surface area contributed by atoms with Crippen LogP contribution in [0, 0.1) is 0 Å². The number of thiocarbonyl (C=S) groups is 1. The van der Waals surface area contributed by atoms with Crippen LogP contribution in [-0.2, 0) is 4.79 Å². The predicted molar refractivity (Wildman–Crippen MR) is 96.7 cm³/mol. The summed E-state index contributed by atoms with van der Waals surface area (Å²) in [6.45, 7) is 0.251. The molecule has 3 heterocycles. The second-order valence-electron chi connectivity index (χ2n) is 5.29. The highest BCUT2D eigenvalue weighted by atomic mass is 32.2. The lowest BCUT2D eigenvalue weighted by Crippen LogP contribution is -2.22. The van der Waals surface area contributed by atoms with Crippen LogP contribution in [0.5, 0.6) is 11.5 Å². The summed E-state index contributed by atoms with van der Waals surface area (Å²) >= 11 is 6.43. The van der Waals surface area contributed by atoms with Crippen molar-refractivity contribution in [2.75, 3.05) is 13.8 Å². The van der Waals surface area contributed by atoms with E-state index in [1.165, 1.54) is 16.7 Å². The largest absolute Gasteiger partial charge is 0.454 e. The summed E-state index contributed by atoms with van der Waals surface area (Å²) in [7, 11) is 1.68. The Bertz CT molecular complexity index is 878. The lowest BCUT2D eigenvalue weighted by molar-refractivity contribution is -0.121. The number of hydrogen-bond acceptors (Lipinski definition) is 6. The zero-order valence-electron chi connectivity index (χ0n) is 12.7. The monoisotopic (exact) mass is 356 g/mol. The fraction of sp³-hybridized carbons (Fsp3) is 0.118. The third-order valence-corrected chi connectivity index (χ3v) is 5.22. The van der Waals surface area contributed by atoms with E-state index in [2.05, 4.69) is 4.98 Å². The van der Waals surface area contributed by atoms with Gasteiger partial charge in [-0.1, -0.05) is 30.0 Å². The minimum atomic E-state index is -0.0788. The van der Waals surface area contributed by atoms with E-state index < -0.39 is 0 Å². The van der Waals surface area contributed by atoms with Gasteiger partial charge in [-0.2, -0.15) is 0 Å². The van der Waals surface area contributed by atoms with Gasteiger partial charge in [-0.05, 0) is 35.9 Å². The normalized spacial score (nSPS) is 17.9. The third kappa shape index (κ3) is 2.65. The first-order chi connectivity index (χ1) is 11.6. The van der Waals surface area contributed by atoms with Gasteiger partial charge in [0.25, 0.3) is 5.91 Å². The number of likely N-dealkylation sites (N-methyl/N-ethyl adjacent to an activating group) is 1. The van der Waals surface area contributed by atoms with Crippen molar-refractivity contribution >= 4 is 40.3 Å². The van der Waals surface area contributed by atoms with E-state index in [1.54, 1.807) is 19.3 Å². The Kier molecular flexibility index (Phi) is 3.74. The molecule has 1 aromatic heterocycles. The van der Waals surface area contributed by atoms with Crippen molar-refractivity contribution in [1.82, 2.24) is 9.88 Å². The van der Waals surface area contributed by atoms with Crippen molar-refractivity contribution in [1.29, 1.82) is 0 Å². The molecule has 2 aliphatic heterocycles. The first-order valence-corrected chi connectivity index (χ1v) is 8.42. The molecule has 2 aliphatic rings. The minimum absolute atomic E-state index is 0.0788. The maximum absolute atomic E-state index is 12.0. The van der Waals surface area contributed by atoms with Crippen molar-refractivity contribution in [2.45, 2.75) is 0 Å². The van der Waals surface area contributed by atoms with Crippen LogP contribution >= 0.6 is 24.0 Å². The number of nitrogens with zero attached hydrogens (tertiary/aromatic N) is 2. The minimum Gasteiger partial charge on any atom is -0.454 e. The van der Waals surface area contributed by atoms with Gasteiger partial charge in [0.15, 0.2) is 11.5 Å². The van der Waals surface area contributed by atoms with E-state index in [0.29, 0.717) is 9.23 Å². The zero-order chi connectivity index (χ0) is 16.7. The molecule has 0 saturated carbocycles. The first-order valence-electron chi connectivity index (χ1n) is 7.19. The van der Waals surface area contributed by atoms with E-state index in [-0.39, 0.29) is 12.7 Å². The fourth-order valence-electron chi connectivity index (χ4n) is 2.41. The number of carbonyl (C=O) groups excluding carboxylic acids is 1. The van der Waals surface area contributed by atoms with Gasteiger partial charge in [0.05, 0.1) is 10.6 Å². The summed E-state index contributed by atoms with van der Waals surface area (Å²) < 4.78 is 11.3. The van der Waals surface area contributed by atoms with Gasteiger partial charge in [0.1, 0.15) is 4.32 Å². The predicted octanol–water partition coefficient (Wildman–Crippen LogP) is 3.31. The number of rotatable bonds is 2. The van der Waals surface area contributed by atoms with Gasteiger partial charge in [-0.3, -0.25) is 14.7 Å². The molecule has 24 heavy (non-hydrogen) atoms. The molecular formula is C17H12N2O3S2. The van der Waals surface area contributed by atoms with Crippen LogP contribution in [0.1, 0.15) is 5.56 Å². The molecule has 1 saturated heterocycles. The van der Waals surface area contributed by atoms with Gasteiger partial charge < -0.3 is 9.47 Å². The second kappa shape index (κ2) is 5.92. The average Bonchev–Trinajstić information content (AvgIpc) is 3.16. The lowest BCUT2D eigenvalue weighted by atomic mass is 10.1. The molecule has 7 heteroatoms. The number of amides is 1. The number of aromatic nitrogens is 1. The Morgan fingerprint density at radius 2 is 2.08 bits per heavy atom. The number of pyridine rings is 1. The van der Waals surface area contributed by atoms with E-state index >= 15 is 0 Å². The Morgan fingerprint density at radius 1 is 1.25 bits per heavy atom. The van der Waals surface area contributed by atoms with Crippen molar-refractivity contribution in [2.24, 2.45) is 0 Å². The van der Waals surface area contributed by atoms with Gasteiger partial charge in [0.2, 0.25) is 6.79 Å². The summed E-state index contributed by atoms with van der Waals surface area (Å²) in [6, 6.07) is 9.56. The topological polar surface area (TPSA) is 51.7 Å².